The number of hydrogen-bond donors (Lipinski definition) is 0. The Morgan fingerprint density at radius 1 is 0.818 bits per heavy atom. The smallest absolute Gasteiger partial charge is 1.00 e. The van der Waals surface area contributed by atoms with E-state index in [9.17, 15) is 0 Å². The Bertz CT molecular complexity index is 371. The van der Waals surface area contributed by atoms with Crippen molar-refractivity contribution < 1.29 is 50.7 Å². The van der Waals surface area contributed by atoms with Crippen LogP contribution < -0.4 is 24.8 Å². The van der Waals surface area contributed by atoms with Gasteiger partial charge in [0.2, 0.25) is 0 Å². The van der Waals surface area contributed by atoms with Gasteiger partial charge in [0, 0.05) is 0 Å². The normalized spacial score (nSPS) is 16.4. The summed E-state index contributed by atoms with van der Waals surface area (Å²) in [4.78, 5) is 0. The third kappa shape index (κ3) is 12.3. The zero-order valence-electron chi connectivity index (χ0n) is 16.2. The summed E-state index contributed by atoms with van der Waals surface area (Å²) >= 11 is 0. The van der Waals surface area contributed by atoms with Crippen molar-refractivity contribution in [3.63, 3.8) is 0 Å². The van der Waals surface area contributed by atoms with Gasteiger partial charge in [-0.1, -0.05) is 74.7 Å². The zero-order valence-corrected chi connectivity index (χ0v) is 21.3. The van der Waals surface area contributed by atoms with Crippen LogP contribution in [0.1, 0.15) is 76.2 Å². The van der Waals surface area contributed by atoms with Gasteiger partial charge in [0.15, 0.2) is 0 Å². The summed E-state index contributed by atoms with van der Waals surface area (Å²) in [6.45, 7) is 23.7. The Morgan fingerprint density at radius 3 is 1.18 bits per heavy atom. The first-order chi connectivity index (χ1) is 8.16. The molecule has 1 rings (SSSR count). The van der Waals surface area contributed by atoms with Crippen LogP contribution in [-0.4, -0.2) is 11.1 Å². The van der Waals surface area contributed by atoms with Gasteiger partial charge >= 0.3 is 25.8 Å². The second-order valence-electron chi connectivity index (χ2n) is 8.08. The van der Waals surface area contributed by atoms with Crippen molar-refractivity contribution in [1.29, 1.82) is 0 Å². The van der Waals surface area contributed by atoms with Crippen LogP contribution in [0.3, 0.4) is 0 Å². The van der Waals surface area contributed by atoms with Gasteiger partial charge < -0.3 is 30.1 Å². The fraction of sp³-hybridized carbons (Fsp3) is 0.778. The molecule has 0 atom stereocenters. The average Bonchev–Trinajstić information content (AvgIpc) is 2.24. The van der Waals surface area contributed by atoms with Gasteiger partial charge in [0.05, 0.1) is 0 Å². The van der Waals surface area contributed by atoms with Crippen LogP contribution in [0.5, 0.6) is 0 Å². The van der Waals surface area contributed by atoms with E-state index in [1.807, 2.05) is 0 Å². The van der Waals surface area contributed by atoms with Gasteiger partial charge in [0.1, 0.15) is 0 Å². The Labute approximate surface area is 170 Å². The molecule has 0 amide bonds. The Morgan fingerprint density at radius 2 is 1.14 bits per heavy atom. The molecule has 0 saturated carbocycles. The first-order valence-corrected chi connectivity index (χ1v) is 7.20. The summed E-state index contributed by atoms with van der Waals surface area (Å²) in [6, 6.07) is 0. The summed E-state index contributed by atoms with van der Waals surface area (Å²) in [7, 11) is 0. The summed E-state index contributed by atoms with van der Waals surface area (Å²) in [6.07, 6.45) is 3.44. The first-order valence-electron chi connectivity index (χ1n) is 7.20. The Kier molecular flexibility index (Phi) is 14.9. The average molecular weight is 513 g/mol. The number of nitrogens with zero attached hydrogens (tertiary/aromatic N) is 1. The molecule has 0 saturated heterocycles. The molecule has 128 valence electrons. The number of rotatable bonds is 0. The Hall–Kier alpha value is 0.890. The molecule has 1 aliphatic rings. The van der Waals surface area contributed by atoms with Crippen LogP contribution in [0.2, 0.25) is 0 Å². The topological polar surface area (TPSA) is 14.1 Å². The molecular formula is C18H33Cl2HfN. The van der Waals surface area contributed by atoms with Gasteiger partial charge in [0.25, 0.3) is 0 Å². The van der Waals surface area contributed by atoms with Gasteiger partial charge in [-0.3, -0.25) is 6.08 Å². The third-order valence-electron chi connectivity index (χ3n) is 3.23. The molecule has 0 bridgehead atoms. The minimum absolute atomic E-state index is 0. The number of hydrogen-bond acceptors (Lipinski definition) is 0. The maximum absolute atomic E-state index is 4.54. The van der Waals surface area contributed by atoms with E-state index in [1.165, 1.54) is 16.7 Å². The van der Waals surface area contributed by atoms with E-state index in [0.717, 1.165) is 0 Å². The molecule has 0 aromatic carbocycles. The predicted molar refractivity (Wildman–Crippen MR) is 87.5 cm³/mol. The molecule has 0 spiro atoms. The van der Waals surface area contributed by atoms with Crippen molar-refractivity contribution in [3.05, 3.63) is 28.1 Å². The second-order valence-corrected chi connectivity index (χ2v) is 8.08. The minimum Gasteiger partial charge on any atom is -1.00 e. The fourth-order valence-corrected chi connectivity index (χ4v) is 2.41. The molecule has 1 aliphatic carbocycles. The van der Waals surface area contributed by atoms with Crippen molar-refractivity contribution in [2.75, 3.05) is 0 Å². The SMILES string of the molecule is CC(C)(C)[N-]C(C)(C)C.CC1=[C-]C(C)(C)C(C)=C1C.[Cl-].[Cl-].[Hf+4]. The first kappa shape index (κ1) is 30.7. The number of halogens is 2. The van der Waals surface area contributed by atoms with Crippen LogP contribution in [0.15, 0.2) is 16.7 Å². The fourth-order valence-electron chi connectivity index (χ4n) is 2.41. The van der Waals surface area contributed by atoms with Crippen LogP contribution in [-0.2, 0) is 25.8 Å². The van der Waals surface area contributed by atoms with Crippen molar-refractivity contribution in [3.8, 4) is 0 Å². The molecule has 0 N–H and O–H groups in total. The second kappa shape index (κ2) is 10.7. The molecule has 4 heteroatoms. The monoisotopic (exact) mass is 513 g/mol. The summed E-state index contributed by atoms with van der Waals surface area (Å²) in [5, 5.41) is 4.54. The molecule has 0 heterocycles. The maximum Gasteiger partial charge on any atom is 4.00 e. The standard InChI is InChI=1S/C10H15.C8H18N.2ClH.Hf/c1-7-6-10(4,5)9(3)8(7)2;1-7(2,3)9-8(4,5)6;;;/h1-5H3;1-6H3;2*1H;/q2*-1;;;+4/p-2. The van der Waals surface area contributed by atoms with Gasteiger partial charge in [-0.15, -0.1) is 18.0 Å². The molecule has 0 aromatic heterocycles. The van der Waals surface area contributed by atoms with Gasteiger partial charge in [-0.25, -0.2) is 5.57 Å². The molecule has 0 aliphatic heterocycles. The van der Waals surface area contributed by atoms with E-state index in [1.54, 1.807) is 0 Å². The summed E-state index contributed by atoms with van der Waals surface area (Å²) in [5.41, 5.74) is 4.61. The maximum atomic E-state index is 4.54. The van der Waals surface area contributed by atoms with Crippen molar-refractivity contribution in [2.45, 2.75) is 87.2 Å². The van der Waals surface area contributed by atoms with Crippen molar-refractivity contribution in [2.24, 2.45) is 5.41 Å². The molecule has 0 fully saturated rings. The van der Waals surface area contributed by atoms with Crippen molar-refractivity contribution in [1.82, 2.24) is 0 Å². The molecule has 1 nitrogen and oxygen atoms in total. The zero-order chi connectivity index (χ0) is 15.6. The van der Waals surface area contributed by atoms with Crippen LogP contribution >= 0.6 is 0 Å². The van der Waals surface area contributed by atoms with E-state index >= 15 is 0 Å². The van der Waals surface area contributed by atoms with Gasteiger partial charge in [-0.2, -0.15) is 11.1 Å². The molecule has 22 heavy (non-hydrogen) atoms. The van der Waals surface area contributed by atoms with E-state index in [4.69, 9.17) is 0 Å². The summed E-state index contributed by atoms with van der Waals surface area (Å²) in [5.74, 6) is 0. The van der Waals surface area contributed by atoms with Crippen LogP contribution in [0, 0.1) is 11.5 Å². The van der Waals surface area contributed by atoms with Crippen LogP contribution in [0.25, 0.3) is 5.32 Å². The predicted octanol–water partition coefficient (Wildman–Crippen LogP) is 0.0747. The largest absolute Gasteiger partial charge is 4.00 e. The molecule has 0 radical (unpaired) electrons. The van der Waals surface area contributed by atoms with Crippen LogP contribution in [0.4, 0.5) is 0 Å². The molecule has 0 unspecified atom stereocenters. The quantitative estimate of drug-likeness (QED) is 0.322. The van der Waals surface area contributed by atoms with E-state index in [2.05, 4.69) is 87.6 Å². The van der Waals surface area contributed by atoms with Crippen molar-refractivity contribution >= 4 is 0 Å². The molecular weight excluding hydrogens is 480 g/mol. The van der Waals surface area contributed by atoms with E-state index in [0.29, 0.717) is 0 Å². The number of allylic oxidation sites excluding steroid dienone is 4. The minimum atomic E-state index is 0. The van der Waals surface area contributed by atoms with Gasteiger partial charge in [-0.05, 0) is 0 Å². The van der Waals surface area contributed by atoms with E-state index < -0.39 is 0 Å². The van der Waals surface area contributed by atoms with E-state index in [-0.39, 0.29) is 67.2 Å². The Balaban J connectivity index is -0.000000130. The summed E-state index contributed by atoms with van der Waals surface area (Å²) < 4.78 is 0. The molecule has 0 aromatic rings. The third-order valence-corrected chi connectivity index (χ3v) is 3.23.